The van der Waals surface area contributed by atoms with Crippen LogP contribution in [0, 0.1) is 5.92 Å². The van der Waals surface area contributed by atoms with E-state index in [4.69, 9.17) is 0 Å². The highest BCUT2D eigenvalue weighted by molar-refractivity contribution is 5.80. The van der Waals surface area contributed by atoms with E-state index >= 15 is 0 Å². The molecule has 0 spiro atoms. The predicted molar refractivity (Wildman–Crippen MR) is 72.1 cm³/mol. The van der Waals surface area contributed by atoms with Crippen molar-refractivity contribution in [3.05, 3.63) is 35.9 Å². The average Bonchev–Trinajstić information content (AvgIpc) is 3.19. The van der Waals surface area contributed by atoms with Gasteiger partial charge in [0, 0.05) is 13.6 Å². The van der Waals surface area contributed by atoms with Gasteiger partial charge in [0.2, 0.25) is 0 Å². The summed E-state index contributed by atoms with van der Waals surface area (Å²) in [5.74, 6) is 1.76. The number of nitrogens with zero attached hydrogens (tertiary/aromatic N) is 1. The Morgan fingerprint density at radius 3 is 2.65 bits per heavy atom. The number of rotatable bonds is 4. The van der Waals surface area contributed by atoms with Crippen LogP contribution in [0.5, 0.6) is 0 Å². The molecule has 92 valence electrons. The van der Waals surface area contributed by atoms with Gasteiger partial charge in [-0.1, -0.05) is 30.3 Å². The molecular formula is C14H21N3. The largest absolute Gasteiger partial charge is 0.356 e. The lowest BCUT2D eigenvalue weighted by Gasteiger charge is -2.18. The van der Waals surface area contributed by atoms with E-state index in [1.165, 1.54) is 18.4 Å². The quantitative estimate of drug-likeness (QED) is 0.616. The molecule has 1 aliphatic rings. The summed E-state index contributed by atoms with van der Waals surface area (Å²) in [4.78, 5) is 4.25. The van der Waals surface area contributed by atoms with Crippen molar-refractivity contribution in [1.29, 1.82) is 0 Å². The van der Waals surface area contributed by atoms with Gasteiger partial charge < -0.3 is 10.6 Å². The third kappa shape index (κ3) is 3.77. The van der Waals surface area contributed by atoms with E-state index in [0.29, 0.717) is 0 Å². The fraction of sp³-hybridized carbons (Fsp3) is 0.500. The van der Waals surface area contributed by atoms with E-state index in [0.717, 1.165) is 18.4 Å². The Hall–Kier alpha value is -1.51. The van der Waals surface area contributed by atoms with Crippen LogP contribution in [0.2, 0.25) is 0 Å². The highest BCUT2D eigenvalue weighted by atomic mass is 15.2. The molecule has 1 aliphatic carbocycles. The molecule has 0 heterocycles. The summed E-state index contributed by atoms with van der Waals surface area (Å²) in [7, 11) is 1.82. The van der Waals surface area contributed by atoms with Gasteiger partial charge in [-0.25, -0.2) is 0 Å². The lowest BCUT2D eigenvalue weighted by atomic mass is 10.1. The lowest BCUT2D eigenvalue weighted by molar-refractivity contribution is 0.671. The Bertz CT molecular complexity index is 368. The van der Waals surface area contributed by atoms with Crippen LogP contribution >= 0.6 is 0 Å². The molecule has 0 radical (unpaired) electrons. The van der Waals surface area contributed by atoms with E-state index in [9.17, 15) is 0 Å². The molecule has 0 saturated heterocycles. The first-order chi connectivity index (χ1) is 8.29. The lowest BCUT2D eigenvalue weighted by Crippen LogP contribution is -2.39. The van der Waals surface area contributed by atoms with Crippen molar-refractivity contribution >= 4 is 5.96 Å². The smallest absolute Gasteiger partial charge is 0.191 e. The van der Waals surface area contributed by atoms with Crippen molar-refractivity contribution in [2.24, 2.45) is 10.9 Å². The van der Waals surface area contributed by atoms with Gasteiger partial charge in [0.15, 0.2) is 5.96 Å². The van der Waals surface area contributed by atoms with Gasteiger partial charge in [0.1, 0.15) is 0 Å². The maximum atomic E-state index is 4.25. The summed E-state index contributed by atoms with van der Waals surface area (Å²) >= 11 is 0. The first-order valence-corrected chi connectivity index (χ1v) is 6.31. The summed E-state index contributed by atoms with van der Waals surface area (Å²) in [5, 5.41) is 6.78. The molecule has 0 amide bonds. The maximum absolute atomic E-state index is 4.25. The monoisotopic (exact) mass is 231 g/mol. The number of guanidine groups is 1. The third-order valence-electron chi connectivity index (χ3n) is 3.13. The van der Waals surface area contributed by atoms with Crippen molar-refractivity contribution in [3.63, 3.8) is 0 Å². The summed E-state index contributed by atoms with van der Waals surface area (Å²) in [6.45, 7) is 3.19. The zero-order valence-electron chi connectivity index (χ0n) is 10.6. The topological polar surface area (TPSA) is 36.4 Å². The van der Waals surface area contributed by atoms with Gasteiger partial charge in [0.05, 0.1) is 6.04 Å². The summed E-state index contributed by atoms with van der Waals surface area (Å²) in [6, 6.07) is 10.7. The van der Waals surface area contributed by atoms with Crippen LogP contribution in [0.3, 0.4) is 0 Å². The van der Waals surface area contributed by atoms with Gasteiger partial charge in [-0.15, -0.1) is 0 Å². The fourth-order valence-corrected chi connectivity index (χ4v) is 1.79. The Balaban J connectivity index is 1.85. The van der Waals surface area contributed by atoms with Crippen molar-refractivity contribution in [2.75, 3.05) is 13.6 Å². The van der Waals surface area contributed by atoms with E-state index in [2.05, 4.69) is 46.8 Å². The van der Waals surface area contributed by atoms with Crippen LogP contribution in [0.4, 0.5) is 0 Å². The minimum Gasteiger partial charge on any atom is -0.356 e. The molecule has 2 N–H and O–H groups in total. The van der Waals surface area contributed by atoms with Gasteiger partial charge in [-0.3, -0.25) is 4.99 Å². The normalized spacial score (nSPS) is 17.6. The van der Waals surface area contributed by atoms with Crippen molar-refractivity contribution in [3.8, 4) is 0 Å². The molecule has 0 unspecified atom stereocenters. The number of hydrogen-bond donors (Lipinski definition) is 2. The summed E-state index contributed by atoms with van der Waals surface area (Å²) in [6.07, 6.45) is 2.72. The van der Waals surface area contributed by atoms with Crippen LogP contribution in [0.1, 0.15) is 31.4 Å². The van der Waals surface area contributed by atoms with Crippen molar-refractivity contribution < 1.29 is 0 Å². The molecular weight excluding hydrogens is 210 g/mol. The second kappa shape index (κ2) is 5.71. The molecule has 1 fully saturated rings. The average molecular weight is 231 g/mol. The number of benzene rings is 1. The predicted octanol–water partition coefficient (Wildman–Crippen LogP) is 2.32. The molecule has 0 aromatic heterocycles. The zero-order chi connectivity index (χ0) is 12.1. The van der Waals surface area contributed by atoms with Crippen LogP contribution in [0.15, 0.2) is 35.3 Å². The van der Waals surface area contributed by atoms with Gasteiger partial charge in [-0.05, 0) is 31.2 Å². The SMILES string of the molecule is CN=C(NCC1CC1)N[C@@H](C)c1ccccc1. The maximum Gasteiger partial charge on any atom is 0.191 e. The van der Waals surface area contributed by atoms with Gasteiger partial charge in [-0.2, -0.15) is 0 Å². The van der Waals surface area contributed by atoms with Crippen LogP contribution in [0.25, 0.3) is 0 Å². The summed E-state index contributed by atoms with van der Waals surface area (Å²) < 4.78 is 0. The second-order valence-electron chi connectivity index (χ2n) is 4.67. The number of hydrogen-bond acceptors (Lipinski definition) is 1. The van der Waals surface area contributed by atoms with Crippen LogP contribution in [-0.4, -0.2) is 19.6 Å². The molecule has 1 saturated carbocycles. The van der Waals surface area contributed by atoms with Gasteiger partial charge >= 0.3 is 0 Å². The molecule has 0 bridgehead atoms. The molecule has 1 atom stereocenters. The molecule has 3 nitrogen and oxygen atoms in total. The molecule has 3 heteroatoms. The van der Waals surface area contributed by atoms with E-state index in [1.54, 1.807) is 0 Å². The Labute approximate surface area is 103 Å². The third-order valence-corrected chi connectivity index (χ3v) is 3.13. The second-order valence-corrected chi connectivity index (χ2v) is 4.67. The zero-order valence-corrected chi connectivity index (χ0v) is 10.6. The highest BCUT2D eigenvalue weighted by Crippen LogP contribution is 2.27. The van der Waals surface area contributed by atoms with E-state index < -0.39 is 0 Å². The highest BCUT2D eigenvalue weighted by Gasteiger charge is 2.21. The van der Waals surface area contributed by atoms with Crippen LogP contribution < -0.4 is 10.6 Å². The van der Waals surface area contributed by atoms with Crippen molar-refractivity contribution in [2.45, 2.75) is 25.8 Å². The van der Waals surface area contributed by atoms with Crippen molar-refractivity contribution in [1.82, 2.24) is 10.6 Å². The number of nitrogens with one attached hydrogen (secondary N) is 2. The fourth-order valence-electron chi connectivity index (χ4n) is 1.79. The Morgan fingerprint density at radius 2 is 2.06 bits per heavy atom. The minimum atomic E-state index is 0.279. The molecule has 0 aliphatic heterocycles. The molecule has 2 rings (SSSR count). The van der Waals surface area contributed by atoms with Crippen LogP contribution in [-0.2, 0) is 0 Å². The molecule has 1 aromatic rings. The van der Waals surface area contributed by atoms with E-state index in [-0.39, 0.29) is 6.04 Å². The first-order valence-electron chi connectivity index (χ1n) is 6.31. The summed E-state index contributed by atoms with van der Waals surface area (Å²) in [5.41, 5.74) is 1.28. The van der Waals surface area contributed by atoms with E-state index in [1.807, 2.05) is 13.1 Å². The first kappa shape index (κ1) is 12.0. The van der Waals surface area contributed by atoms with Gasteiger partial charge in [0.25, 0.3) is 0 Å². The minimum absolute atomic E-state index is 0.279. The molecule has 1 aromatic carbocycles. The number of aliphatic imine (C=N–C) groups is 1. The molecule has 17 heavy (non-hydrogen) atoms. The Kier molecular flexibility index (Phi) is 4.02. The Morgan fingerprint density at radius 1 is 1.35 bits per heavy atom. The standard InChI is InChI=1S/C14H21N3/c1-11(13-6-4-3-5-7-13)17-14(15-2)16-10-12-8-9-12/h3-7,11-12H,8-10H2,1-2H3,(H2,15,16,17)/t11-/m0/s1.